The van der Waals surface area contributed by atoms with Crippen molar-refractivity contribution >= 4 is 97.9 Å². The minimum atomic E-state index is -3.33. The maximum atomic E-state index is 11.9. The molecular weight excluding hydrogens is 2020 g/mol. The molecule has 0 radical (unpaired) electrons. The lowest BCUT2D eigenvalue weighted by atomic mass is 9.77. The summed E-state index contributed by atoms with van der Waals surface area (Å²) >= 11 is 31.8. The van der Waals surface area contributed by atoms with Crippen LogP contribution in [0.4, 0.5) is 0 Å². The third-order valence-corrected chi connectivity index (χ3v) is 32.6. The average Bonchev–Trinajstić information content (AvgIpc) is 0.780. The summed E-state index contributed by atoms with van der Waals surface area (Å²) in [6.45, 7) is 26.5. The standard InChI is InChI=1S/C30H33ClN2O3S.C28H28Cl2N2O4S.C28H30ClN3O3S.C27H29ClN4O3S/c1-5-12-36-29-23(17-32)15-26(16-27(29)31)30(2,3)25-10-8-21(9-11-25)24-14-22-7-6-20(19-37(4,34)35)13-28(22)33-18-24;1-28(2,22-14-20(17-31)27(24(30)16-22)36-13-11-29)21-7-4-18(5-8-21)19-6-9-23-25(32-37(3,33)34)10-12-35-26(23)15-19;1-5-12-35-27-21(16-30)14-24(15-25(27)29)28(2,3)23-8-6-19(7-9-23)22-13-20-10-11-32(36(4,33)34)18-26(20)31-17-22;1-5-12-35-26-19(15-29)13-21(14-22(26)28)27(2,3)20-8-6-18(7-9-20)24-16-30-25-17-32(36(4,33)34)11-10-23(25)31-24/h8-11,14-16,18,20H,5-7,12-13,19H2,1-4H3;4-9,14-16,25,32H,10-13H2,1-3H3;6-9,13-15,17H,5,10-12,18H2,1-4H3;6-9,13-14,16H,5,10-12,17H2,1-4H3. The Morgan fingerprint density at radius 3 is 1.16 bits per heavy atom. The van der Waals surface area contributed by atoms with Crippen molar-refractivity contribution in [3.05, 3.63) is 321 Å². The molecule has 0 saturated heterocycles. The lowest BCUT2D eigenvalue weighted by Gasteiger charge is -2.28. The second-order valence-electron chi connectivity index (χ2n) is 39.2. The Balaban J connectivity index is 0.000000163. The summed E-state index contributed by atoms with van der Waals surface area (Å²) in [5.41, 5.74) is 22.4. The first-order valence-corrected chi connectivity index (χ1v) is 57.9. The zero-order chi connectivity index (χ0) is 106. The minimum Gasteiger partial charge on any atom is -0.493 e. The zero-order valence-corrected chi connectivity index (χ0v) is 91.6. The number of nitrogens with zero attached hydrogens (tertiary/aromatic N) is 10. The molecule has 1 aliphatic carbocycles. The number of pyridine rings is 2. The summed E-state index contributed by atoms with van der Waals surface area (Å²) in [6, 6.07) is 66.6. The van der Waals surface area contributed by atoms with Gasteiger partial charge in [-0.25, -0.2) is 43.4 Å². The van der Waals surface area contributed by atoms with Gasteiger partial charge in [0.25, 0.3) is 0 Å². The van der Waals surface area contributed by atoms with Crippen LogP contribution in [0.2, 0.25) is 20.1 Å². The molecule has 3 aromatic heterocycles. The first kappa shape index (κ1) is 112. The SMILES string of the molecule is CC(C)(c1ccc(-c2ccc3c(c2)OCCC3NS(C)(=O)=O)cc1)c1cc(Cl)c(OCCCl)c(C#N)c1.CCCOc1c(Cl)cc(C(C)(C)c2ccc(-c3cnc4c(c3)CCC(CS(C)(=O)=O)C4)cc2)cc1C#N.CCCOc1c(Cl)cc(C(C)(C)c2ccc(-c3cnc4c(c3)CCN(S(C)(=O)=O)C4)cc2)cc1C#N.CCCOc1c(Cl)cc(C(C)(C)c2ccc(-c3cnc4c(n3)CCN(S(C)(=O)=O)C4)cc2)cc1C#N. The first-order chi connectivity index (χ1) is 69.1. The molecule has 9 aromatic carbocycles. The zero-order valence-electron chi connectivity index (χ0n) is 84.6. The van der Waals surface area contributed by atoms with Crippen molar-refractivity contribution in [1.82, 2.24) is 33.3 Å². The Morgan fingerprint density at radius 1 is 0.411 bits per heavy atom. The van der Waals surface area contributed by atoms with Crippen LogP contribution < -0.4 is 28.4 Å². The molecule has 2 unspecified atom stereocenters. The maximum Gasteiger partial charge on any atom is 0.211 e. The summed E-state index contributed by atoms with van der Waals surface area (Å²) in [7, 11) is -12.8. The maximum absolute atomic E-state index is 11.9. The molecule has 4 aliphatic rings. The summed E-state index contributed by atoms with van der Waals surface area (Å²) in [4.78, 5) is 18.6. The number of fused-ring (bicyclic) bond motifs is 4. The van der Waals surface area contributed by atoms with E-state index in [1.54, 1.807) is 12.4 Å². The van der Waals surface area contributed by atoms with Gasteiger partial charge >= 0.3 is 0 Å². The highest BCUT2D eigenvalue weighted by Crippen LogP contribution is 2.47. The Kier molecular flexibility index (Phi) is 36.2. The fourth-order valence-electron chi connectivity index (χ4n) is 18.3. The lowest BCUT2D eigenvalue weighted by molar-refractivity contribution is 0.263. The molecule has 3 aliphatic heterocycles. The van der Waals surface area contributed by atoms with Crippen LogP contribution in [0.25, 0.3) is 44.6 Å². The van der Waals surface area contributed by atoms with Gasteiger partial charge in [0.15, 0.2) is 23.0 Å². The van der Waals surface area contributed by atoms with Crippen LogP contribution in [-0.4, -0.2) is 145 Å². The quantitative estimate of drug-likeness (QED) is 0.0409. The smallest absolute Gasteiger partial charge is 0.211 e. The van der Waals surface area contributed by atoms with E-state index < -0.39 is 50.7 Å². The van der Waals surface area contributed by atoms with Crippen molar-refractivity contribution in [3.63, 3.8) is 0 Å². The highest BCUT2D eigenvalue weighted by molar-refractivity contribution is 7.90. The van der Waals surface area contributed by atoms with Gasteiger partial charge in [-0.3, -0.25) is 15.0 Å². The van der Waals surface area contributed by atoms with E-state index in [0.717, 1.165) is 149 Å². The van der Waals surface area contributed by atoms with Crippen LogP contribution in [-0.2, 0) is 100 Å². The number of benzene rings is 9. The van der Waals surface area contributed by atoms with E-state index in [4.69, 9.17) is 91.7 Å². The highest BCUT2D eigenvalue weighted by Gasteiger charge is 2.35. The molecule has 0 amide bonds. The predicted octanol–water partition coefficient (Wildman–Crippen LogP) is 23.5. The fraction of sp³-hybridized carbons (Fsp3) is 0.363. The van der Waals surface area contributed by atoms with E-state index in [1.807, 2.05) is 130 Å². The first-order valence-electron chi connectivity index (χ1n) is 48.2. The number of nitriles is 4. The molecule has 24 nitrogen and oxygen atoms in total. The number of aromatic nitrogens is 4. The molecular formula is C113H120Cl5N11O13S4. The third-order valence-electron chi connectivity index (χ3n) is 27.1. The summed E-state index contributed by atoms with van der Waals surface area (Å²) < 4.78 is 129. The van der Waals surface area contributed by atoms with Crippen molar-refractivity contribution in [2.24, 2.45) is 5.92 Å². The predicted molar refractivity (Wildman–Crippen MR) is 579 cm³/mol. The van der Waals surface area contributed by atoms with Crippen molar-refractivity contribution in [3.8, 4) is 97.7 Å². The number of rotatable bonds is 30. The fourth-order valence-corrected chi connectivity index (χ4v) is 23.0. The molecule has 6 heterocycles. The largest absolute Gasteiger partial charge is 0.493 e. The number of hydrogen-bond donors (Lipinski definition) is 1. The van der Waals surface area contributed by atoms with Crippen LogP contribution >= 0.6 is 58.0 Å². The van der Waals surface area contributed by atoms with Gasteiger partial charge in [0.2, 0.25) is 30.1 Å². The third kappa shape index (κ3) is 26.9. The van der Waals surface area contributed by atoms with Gasteiger partial charge in [-0.05, 0) is 195 Å². The molecule has 146 heavy (non-hydrogen) atoms. The number of sulfonamides is 3. The van der Waals surface area contributed by atoms with Crippen LogP contribution in [0.5, 0.6) is 28.7 Å². The number of hydrogen-bond acceptors (Lipinski definition) is 21. The second-order valence-corrected chi connectivity index (χ2v) is 49.1. The Labute approximate surface area is 884 Å². The van der Waals surface area contributed by atoms with Gasteiger partial charge in [0.1, 0.15) is 46.5 Å². The number of nitrogens with one attached hydrogen (secondary N) is 1. The number of ether oxygens (including phenoxy) is 5. The van der Waals surface area contributed by atoms with Gasteiger partial charge in [0, 0.05) is 94.2 Å². The molecule has 16 rings (SSSR count). The normalized spacial score (nSPS) is 14.9. The van der Waals surface area contributed by atoms with E-state index in [-0.39, 0.29) is 41.7 Å². The summed E-state index contributed by atoms with van der Waals surface area (Å²) in [5.74, 6) is 3.02. The molecule has 1 N–H and O–H groups in total. The van der Waals surface area contributed by atoms with E-state index in [1.165, 1.54) is 39.2 Å². The van der Waals surface area contributed by atoms with Crippen LogP contribution in [0.1, 0.15) is 221 Å². The van der Waals surface area contributed by atoms with E-state index >= 15 is 0 Å². The summed E-state index contributed by atoms with van der Waals surface area (Å²) in [5, 5.41) is 40.4. The molecule has 0 bridgehead atoms. The monoisotopic (exact) mass is 2140 g/mol. The van der Waals surface area contributed by atoms with Gasteiger partial charge in [0.05, 0.1) is 147 Å². The molecule has 12 aromatic rings. The average molecular weight is 2150 g/mol. The minimum absolute atomic E-state index is 0.143. The van der Waals surface area contributed by atoms with Crippen molar-refractivity contribution < 1.29 is 57.4 Å². The van der Waals surface area contributed by atoms with Gasteiger partial charge in [-0.1, -0.05) is 232 Å². The van der Waals surface area contributed by atoms with Crippen molar-refractivity contribution in [2.45, 2.75) is 175 Å². The Hall–Kier alpha value is -11.6. The highest BCUT2D eigenvalue weighted by atomic mass is 35.5. The van der Waals surface area contributed by atoms with Crippen molar-refractivity contribution in [1.29, 1.82) is 21.0 Å². The van der Waals surface area contributed by atoms with Gasteiger partial charge in [-0.15, -0.1) is 11.6 Å². The lowest BCUT2D eigenvalue weighted by Crippen LogP contribution is -2.36. The van der Waals surface area contributed by atoms with E-state index in [9.17, 15) is 54.7 Å². The van der Waals surface area contributed by atoms with Crippen LogP contribution in [0, 0.1) is 51.2 Å². The topological polar surface area (TPSA) is 348 Å². The van der Waals surface area contributed by atoms with Crippen molar-refractivity contribution in [2.75, 3.05) is 82.8 Å². The van der Waals surface area contributed by atoms with E-state index in [0.29, 0.717) is 154 Å². The molecule has 764 valence electrons. The summed E-state index contributed by atoms with van der Waals surface area (Å²) in [6.07, 6.45) is 17.0. The molecule has 0 fully saturated rings. The Bertz CT molecular complexity index is 7300. The number of halogens is 5. The van der Waals surface area contributed by atoms with Gasteiger partial charge < -0.3 is 23.7 Å². The number of alkyl halides is 1. The number of sulfone groups is 1. The van der Waals surface area contributed by atoms with Crippen LogP contribution in [0.3, 0.4) is 0 Å². The molecule has 0 saturated carbocycles. The molecule has 0 spiro atoms. The van der Waals surface area contributed by atoms with E-state index in [2.05, 4.69) is 167 Å². The molecule has 2 atom stereocenters. The Morgan fingerprint density at radius 2 is 0.774 bits per heavy atom. The van der Waals surface area contributed by atoms with Gasteiger partial charge in [-0.2, -0.15) is 29.7 Å². The molecule has 33 heteroatoms. The number of aryl methyl sites for hydroxylation is 1. The second kappa shape index (κ2) is 47.3. The van der Waals surface area contributed by atoms with Crippen LogP contribution in [0.15, 0.2) is 195 Å².